The minimum Gasteiger partial charge on any atom is -0.489 e. The Morgan fingerprint density at radius 3 is 2.94 bits per heavy atom. The molecule has 1 aliphatic heterocycles. The Bertz CT molecular complexity index is 417. The lowest BCUT2D eigenvalue weighted by Gasteiger charge is -2.30. The van der Waals surface area contributed by atoms with E-state index in [0.717, 1.165) is 30.8 Å². The molecule has 3 nitrogen and oxygen atoms in total. The van der Waals surface area contributed by atoms with E-state index in [4.69, 9.17) is 4.74 Å². The fourth-order valence-corrected chi connectivity index (χ4v) is 2.43. The minimum atomic E-state index is 0.173. The summed E-state index contributed by atoms with van der Waals surface area (Å²) in [6, 6.07) is 7.86. The van der Waals surface area contributed by atoms with Gasteiger partial charge in [0, 0.05) is 18.5 Å². The van der Waals surface area contributed by atoms with Gasteiger partial charge in [-0.15, -0.1) is 0 Å². The van der Waals surface area contributed by atoms with Crippen LogP contribution in [0.1, 0.15) is 25.3 Å². The molecule has 1 unspecified atom stereocenters. The second-order valence-electron chi connectivity index (χ2n) is 5.13. The summed E-state index contributed by atoms with van der Waals surface area (Å²) >= 11 is 0. The van der Waals surface area contributed by atoms with E-state index in [1.165, 1.54) is 6.42 Å². The zero-order valence-electron chi connectivity index (χ0n) is 11.2. The molecule has 1 fully saturated rings. The van der Waals surface area contributed by atoms with Crippen LogP contribution in [0.3, 0.4) is 0 Å². The molecular formula is C15H21NO2. The Kier molecular flexibility index (Phi) is 4.37. The van der Waals surface area contributed by atoms with E-state index < -0.39 is 0 Å². The van der Waals surface area contributed by atoms with Crippen LogP contribution >= 0.6 is 0 Å². The molecule has 1 saturated heterocycles. The average molecular weight is 247 g/mol. The van der Waals surface area contributed by atoms with Crippen LogP contribution in [0.25, 0.3) is 0 Å². The number of likely N-dealkylation sites (N-methyl/N-ethyl adjacent to an activating group) is 1. The molecule has 1 aromatic rings. The number of carbonyl (C=O) groups is 1. The molecule has 0 aliphatic carbocycles. The summed E-state index contributed by atoms with van der Waals surface area (Å²) in [5, 5.41) is 0. The number of hydrogen-bond acceptors (Lipinski definition) is 3. The molecule has 1 atom stereocenters. The van der Waals surface area contributed by atoms with Gasteiger partial charge in [0.15, 0.2) is 0 Å². The standard InChI is InChI=1S/C15H21NO2/c1-12(17)10-13-6-3-4-8-15(13)18-14-7-5-9-16(2)11-14/h3-4,6,8,14H,5,7,9-11H2,1-2H3. The van der Waals surface area contributed by atoms with Gasteiger partial charge in [-0.1, -0.05) is 18.2 Å². The Morgan fingerprint density at radius 2 is 2.22 bits per heavy atom. The highest BCUT2D eigenvalue weighted by Crippen LogP contribution is 2.23. The fraction of sp³-hybridized carbons (Fsp3) is 0.533. The van der Waals surface area contributed by atoms with Gasteiger partial charge in [0.05, 0.1) is 0 Å². The molecule has 0 amide bonds. The van der Waals surface area contributed by atoms with Crippen molar-refractivity contribution in [3.8, 4) is 5.75 Å². The number of Topliss-reactive ketones (excluding diaryl/α,β-unsaturated/α-hetero) is 1. The van der Waals surface area contributed by atoms with Crippen LogP contribution in [0.4, 0.5) is 0 Å². The topological polar surface area (TPSA) is 29.5 Å². The maximum absolute atomic E-state index is 11.2. The molecule has 0 aromatic heterocycles. The first kappa shape index (κ1) is 13.1. The number of benzene rings is 1. The molecule has 3 heteroatoms. The first-order valence-corrected chi connectivity index (χ1v) is 6.57. The normalized spacial score (nSPS) is 20.7. The van der Waals surface area contributed by atoms with Gasteiger partial charge in [0.2, 0.25) is 0 Å². The van der Waals surface area contributed by atoms with Crippen molar-refractivity contribution in [1.29, 1.82) is 0 Å². The summed E-state index contributed by atoms with van der Waals surface area (Å²) in [7, 11) is 2.12. The number of hydrogen-bond donors (Lipinski definition) is 0. The third-order valence-electron chi connectivity index (χ3n) is 3.29. The van der Waals surface area contributed by atoms with Crippen LogP contribution in [0.5, 0.6) is 5.75 Å². The first-order chi connectivity index (χ1) is 8.65. The smallest absolute Gasteiger partial charge is 0.134 e. The predicted octanol–water partition coefficient (Wildman–Crippen LogP) is 2.29. The summed E-state index contributed by atoms with van der Waals surface area (Å²) < 4.78 is 6.06. The van der Waals surface area contributed by atoms with Crippen molar-refractivity contribution < 1.29 is 9.53 Å². The van der Waals surface area contributed by atoms with Gasteiger partial charge in [-0.05, 0) is 39.4 Å². The molecule has 98 valence electrons. The second-order valence-corrected chi connectivity index (χ2v) is 5.13. The van der Waals surface area contributed by atoms with Crippen molar-refractivity contribution in [2.75, 3.05) is 20.1 Å². The van der Waals surface area contributed by atoms with Crippen molar-refractivity contribution in [2.45, 2.75) is 32.3 Å². The summed E-state index contributed by atoms with van der Waals surface area (Å²) in [4.78, 5) is 13.5. The van der Waals surface area contributed by atoms with Crippen molar-refractivity contribution in [3.05, 3.63) is 29.8 Å². The molecule has 18 heavy (non-hydrogen) atoms. The zero-order valence-corrected chi connectivity index (χ0v) is 11.2. The highest BCUT2D eigenvalue weighted by molar-refractivity contribution is 5.78. The minimum absolute atomic E-state index is 0.173. The van der Waals surface area contributed by atoms with Gasteiger partial charge in [0.1, 0.15) is 17.6 Å². The van der Waals surface area contributed by atoms with Crippen LogP contribution < -0.4 is 4.74 Å². The van der Waals surface area contributed by atoms with E-state index in [1.807, 2.05) is 24.3 Å². The highest BCUT2D eigenvalue weighted by Gasteiger charge is 2.19. The van der Waals surface area contributed by atoms with Crippen LogP contribution in [0.2, 0.25) is 0 Å². The van der Waals surface area contributed by atoms with Gasteiger partial charge in [-0.3, -0.25) is 4.79 Å². The Labute approximate surface area is 109 Å². The van der Waals surface area contributed by atoms with Crippen molar-refractivity contribution in [2.24, 2.45) is 0 Å². The highest BCUT2D eigenvalue weighted by atomic mass is 16.5. The number of carbonyl (C=O) groups excluding carboxylic acids is 1. The molecule has 0 radical (unpaired) electrons. The molecule has 0 N–H and O–H groups in total. The Hall–Kier alpha value is -1.35. The lowest BCUT2D eigenvalue weighted by atomic mass is 10.1. The summed E-state index contributed by atoms with van der Waals surface area (Å²) in [6.07, 6.45) is 2.98. The molecule has 1 aliphatic rings. The maximum atomic E-state index is 11.2. The van der Waals surface area contributed by atoms with Gasteiger partial charge < -0.3 is 9.64 Å². The van der Waals surface area contributed by atoms with Crippen LogP contribution in [0, 0.1) is 0 Å². The number of rotatable bonds is 4. The monoisotopic (exact) mass is 247 g/mol. The van der Waals surface area contributed by atoms with E-state index in [2.05, 4.69) is 11.9 Å². The molecule has 0 bridgehead atoms. The van der Waals surface area contributed by atoms with Crippen LogP contribution in [-0.4, -0.2) is 36.9 Å². The van der Waals surface area contributed by atoms with E-state index in [-0.39, 0.29) is 11.9 Å². The SMILES string of the molecule is CC(=O)Cc1ccccc1OC1CCCN(C)C1. The third-order valence-corrected chi connectivity index (χ3v) is 3.29. The molecule has 2 rings (SSSR count). The van der Waals surface area contributed by atoms with E-state index in [1.54, 1.807) is 6.92 Å². The maximum Gasteiger partial charge on any atom is 0.134 e. The van der Waals surface area contributed by atoms with Crippen molar-refractivity contribution in [1.82, 2.24) is 4.90 Å². The molecule has 1 aromatic carbocycles. The van der Waals surface area contributed by atoms with E-state index >= 15 is 0 Å². The van der Waals surface area contributed by atoms with Gasteiger partial charge >= 0.3 is 0 Å². The molecular weight excluding hydrogens is 226 g/mol. The first-order valence-electron chi connectivity index (χ1n) is 6.57. The van der Waals surface area contributed by atoms with Gasteiger partial charge in [0.25, 0.3) is 0 Å². The second kappa shape index (κ2) is 6.01. The van der Waals surface area contributed by atoms with Gasteiger partial charge in [-0.2, -0.15) is 0 Å². The van der Waals surface area contributed by atoms with Crippen molar-refractivity contribution in [3.63, 3.8) is 0 Å². The zero-order chi connectivity index (χ0) is 13.0. The van der Waals surface area contributed by atoms with Gasteiger partial charge in [-0.25, -0.2) is 0 Å². The summed E-state index contributed by atoms with van der Waals surface area (Å²) in [6.45, 7) is 3.73. The number of piperidine rings is 1. The lowest BCUT2D eigenvalue weighted by Crippen LogP contribution is -2.38. The lowest BCUT2D eigenvalue weighted by molar-refractivity contribution is -0.116. The number of ether oxygens (including phenoxy) is 1. The number of nitrogens with zero attached hydrogens (tertiary/aromatic N) is 1. The third kappa shape index (κ3) is 3.57. The predicted molar refractivity (Wildman–Crippen MR) is 72.0 cm³/mol. The fourth-order valence-electron chi connectivity index (χ4n) is 2.43. The van der Waals surface area contributed by atoms with Crippen LogP contribution in [-0.2, 0) is 11.2 Å². The van der Waals surface area contributed by atoms with E-state index in [0.29, 0.717) is 6.42 Å². The number of likely N-dealkylation sites (tertiary alicyclic amines) is 1. The van der Waals surface area contributed by atoms with Crippen LogP contribution in [0.15, 0.2) is 24.3 Å². The largest absolute Gasteiger partial charge is 0.489 e. The summed E-state index contributed by atoms with van der Waals surface area (Å²) in [5.41, 5.74) is 0.998. The molecule has 0 spiro atoms. The summed E-state index contributed by atoms with van der Waals surface area (Å²) in [5.74, 6) is 1.04. The van der Waals surface area contributed by atoms with Crippen molar-refractivity contribution >= 4 is 5.78 Å². The Balaban J connectivity index is 2.05. The average Bonchev–Trinajstić information content (AvgIpc) is 2.31. The molecule has 1 heterocycles. The molecule has 0 saturated carbocycles. The Morgan fingerprint density at radius 1 is 1.44 bits per heavy atom. The number of ketones is 1. The quantitative estimate of drug-likeness (QED) is 0.817. The number of para-hydroxylation sites is 1. The van der Waals surface area contributed by atoms with E-state index in [9.17, 15) is 4.79 Å².